The zero-order valence-corrected chi connectivity index (χ0v) is 25.6. The van der Waals surface area contributed by atoms with Gasteiger partial charge < -0.3 is 9.47 Å². The molecule has 3 aromatic rings. The van der Waals surface area contributed by atoms with Crippen LogP contribution in [0.1, 0.15) is 57.2 Å². The van der Waals surface area contributed by atoms with Crippen molar-refractivity contribution < 1.29 is 13.9 Å². The summed E-state index contributed by atoms with van der Waals surface area (Å²) in [6.45, 7) is 15.1. The quantitative estimate of drug-likeness (QED) is 0.221. The number of ether oxygens (including phenoxy) is 2. The number of benzene rings is 3. The first kappa shape index (κ1) is 31.5. The minimum atomic E-state index is -0.808. The molecule has 6 heteroatoms. The molecule has 1 unspecified atom stereocenters. The van der Waals surface area contributed by atoms with Crippen LogP contribution < -0.4 is 9.47 Å². The van der Waals surface area contributed by atoms with Crippen LogP contribution in [0, 0.1) is 12.7 Å². The Morgan fingerprint density at radius 2 is 1.70 bits per heavy atom. The van der Waals surface area contributed by atoms with E-state index in [0.29, 0.717) is 0 Å². The molecule has 3 aromatic carbocycles. The SMILES string of the molecule is C/C=C(\C)Cl.C=CCC.Cc1ccc(C2(C)Oc3ccc(SN4CC=C(c5ccc(F)cc5)CC4)cc3O2)cc1. The molecule has 40 heavy (non-hydrogen) atoms. The summed E-state index contributed by atoms with van der Waals surface area (Å²) in [4.78, 5) is 1.12. The van der Waals surface area contributed by atoms with Crippen molar-refractivity contribution in [3.05, 3.63) is 119 Å². The van der Waals surface area contributed by atoms with Crippen LogP contribution >= 0.6 is 23.5 Å². The molecule has 0 radical (unpaired) electrons. The molecule has 2 aliphatic rings. The highest BCUT2D eigenvalue weighted by Crippen LogP contribution is 2.46. The summed E-state index contributed by atoms with van der Waals surface area (Å²) < 4.78 is 27.9. The van der Waals surface area contributed by atoms with Gasteiger partial charge in [0.2, 0.25) is 0 Å². The zero-order chi connectivity index (χ0) is 29.1. The van der Waals surface area contributed by atoms with Crippen molar-refractivity contribution in [3.63, 3.8) is 0 Å². The van der Waals surface area contributed by atoms with Gasteiger partial charge in [0.1, 0.15) is 5.82 Å². The lowest BCUT2D eigenvalue weighted by molar-refractivity contribution is -0.0680. The summed E-state index contributed by atoms with van der Waals surface area (Å²) in [5.74, 6) is 0.535. The number of aryl methyl sites for hydroxylation is 1. The van der Waals surface area contributed by atoms with Crippen LogP contribution in [-0.4, -0.2) is 17.4 Å². The molecule has 5 rings (SSSR count). The first-order chi connectivity index (χ1) is 19.2. The van der Waals surface area contributed by atoms with Gasteiger partial charge in [-0.05, 0) is 87.0 Å². The lowest BCUT2D eigenvalue weighted by Gasteiger charge is -2.25. The first-order valence-corrected chi connectivity index (χ1v) is 14.7. The van der Waals surface area contributed by atoms with Crippen LogP contribution in [0.3, 0.4) is 0 Å². The lowest BCUT2D eigenvalue weighted by atomic mass is 10.0. The predicted octanol–water partition coefficient (Wildman–Crippen LogP) is 10.3. The minimum Gasteiger partial charge on any atom is -0.445 e. The van der Waals surface area contributed by atoms with Crippen molar-refractivity contribution in [1.82, 2.24) is 4.31 Å². The van der Waals surface area contributed by atoms with Crippen LogP contribution in [0.4, 0.5) is 4.39 Å². The fraction of sp³-hybridized carbons (Fsp3) is 0.294. The van der Waals surface area contributed by atoms with Gasteiger partial charge in [0.25, 0.3) is 5.79 Å². The summed E-state index contributed by atoms with van der Waals surface area (Å²) in [5, 5.41) is 0.852. The smallest absolute Gasteiger partial charge is 0.275 e. The number of allylic oxidation sites excluding steroid dienone is 3. The Morgan fingerprint density at radius 1 is 1.07 bits per heavy atom. The van der Waals surface area contributed by atoms with E-state index in [4.69, 9.17) is 21.1 Å². The number of hydrogen-bond donors (Lipinski definition) is 0. The van der Waals surface area contributed by atoms with Gasteiger partial charge in [-0.25, -0.2) is 8.70 Å². The molecule has 0 aliphatic carbocycles. The Bertz CT molecular complexity index is 1320. The van der Waals surface area contributed by atoms with E-state index in [1.165, 1.54) is 23.3 Å². The van der Waals surface area contributed by atoms with Gasteiger partial charge in [-0.15, -0.1) is 6.58 Å². The Hall–Kier alpha value is -2.99. The summed E-state index contributed by atoms with van der Waals surface area (Å²) in [6, 6.07) is 21.1. The second-order valence-corrected chi connectivity index (χ2v) is 11.4. The summed E-state index contributed by atoms with van der Waals surface area (Å²) >= 11 is 7.04. The molecule has 0 fully saturated rings. The number of nitrogens with zero attached hydrogens (tertiary/aromatic N) is 1. The van der Waals surface area contributed by atoms with E-state index < -0.39 is 5.79 Å². The maximum Gasteiger partial charge on any atom is 0.275 e. The highest BCUT2D eigenvalue weighted by Gasteiger charge is 2.38. The van der Waals surface area contributed by atoms with E-state index in [1.807, 2.05) is 51.1 Å². The summed E-state index contributed by atoms with van der Waals surface area (Å²) in [6.07, 6.45) is 7.97. The molecule has 0 saturated carbocycles. The monoisotopic (exact) mass is 579 g/mol. The molecule has 3 nitrogen and oxygen atoms in total. The first-order valence-electron chi connectivity index (χ1n) is 13.5. The molecular weight excluding hydrogens is 541 g/mol. The molecule has 0 N–H and O–H groups in total. The maximum atomic E-state index is 13.2. The lowest BCUT2D eigenvalue weighted by Crippen LogP contribution is -2.31. The molecule has 2 aliphatic heterocycles. The predicted molar refractivity (Wildman–Crippen MR) is 168 cm³/mol. The Kier molecular flexibility index (Phi) is 11.9. The number of rotatable bonds is 5. The van der Waals surface area contributed by atoms with Crippen LogP contribution in [-0.2, 0) is 5.79 Å². The average molecular weight is 580 g/mol. The van der Waals surface area contributed by atoms with Crippen molar-refractivity contribution in [2.45, 2.75) is 58.1 Å². The van der Waals surface area contributed by atoms with Crippen LogP contribution in [0.25, 0.3) is 5.57 Å². The molecule has 0 spiro atoms. The fourth-order valence-corrected chi connectivity index (χ4v) is 4.85. The van der Waals surface area contributed by atoms with E-state index in [-0.39, 0.29) is 5.82 Å². The van der Waals surface area contributed by atoms with E-state index in [1.54, 1.807) is 11.9 Å². The van der Waals surface area contributed by atoms with Crippen molar-refractivity contribution in [1.29, 1.82) is 0 Å². The largest absolute Gasteiger partial charge is 0.445 e. The van der Waals surface area contributed by atoms with Crippen LogP contribution in [0.15, 0.2) is 101 Å². The Balaban J connectivity index is 0.000000429. The standard InChI is InChI=1S/C26H24FNO2S.C4H7Cl.C4H8/c1-18-3-7-21(8-4-18)26(2)29-24-12-11-23(17-25(24)30-26)31-28-15-13-20(14-16-28)19-5-9-22(27)10-6-19;1-3-4(2)5;1-3-4-2/h3-13,17H,14-16H2,1-2H3;3H,1-2H3;3H,1,4H2,2H3/b;4-3+;. The molecule has 2 heterocycles. The van der Waals surface area contributed by atoms with Gasteiger partial charge in [0.15, 0.2) is 11.5 Å². The third-order valence-electron chi connectivity index (χ3n) is 6.41. The molecule has 0 bridgehead atoms. The van der Waals surface area contributed by atoms with Crippen LogP contribution in [0.2, 0.25) is 0 Å². The molecule has 1 atom stereocenters. The molecule has 0 aromatic heterocycles. The average Bonchev–Trinajstić information content (AvgIpc) is 3.31. The van der Waals surface area contributed by atoms with Crippen molar-refractivity contribution in [3.8, 4) is 11.5 Å². The number of fused-ring (bicyclic) bond motifs is 1. The highest BCUT2D eigenvalue weighted by atomic mass is 35.5. The van der Waals surface area contributed by atoms with Gasteiger partial charge in [-0.2, -0.15) is 0 Å². The van der Waals surface area contributed by atoms with E-state index in [9.17, 15) is 4.39 Å². The summed E-state index contributed by atoms with van der Waals surface area (Å²) in [7, 11) is 0. The Morgan fingerprint density at radius 3 is 2.25 bits per heavy atom. The van der Waals surface area contributed by atoms with Gasteiger partial charge in [0, 0.05) is 35.5 Å². The van der Waals surface area contributed by atoms with Crippen molar-refractivity contribution in [2.75, 3.05) is 13.1 Å². The normalized spacial score (nSPS) is 18.1. The summed E-state index contributed by atoms with van der Waals surface area (Å²) in [5.41, 5.74) is 4.58. The third kappa shape index (κ3) is 9.02. The van der Waals surface area contributed by atoms with Crippen LogP contribution in [0.5, 0.6) is 11.5 Å². The van der Waals surface area contributed by atoms with Gasteiger partial charge >= 0.3 is 0 Å². The van der Waals surface area contributed by atoms with Gasteiger partial charge in [0.05, 0.1) is 0 Å². The fourth-order valence-electron chi connectivity index (χ4n) is 3.93. The zero-order valence-electron chi connectivity index (χ0n) is 24.0. The van der Waals surface area contributed by atoms with Crippen molar-refractivity contribution in [2.24, 2.45) is 0 Å². The molecular formula is C34H39ClFNO2S. The Labute approximate surface area is 248 Å². The van der Waals surface area contributed by atoms with E-state index >= 15 is 0 Å². The number of halogens is 2. The van der Waals surface area contributed by atoms with E-state index in [0.717, 1.165) is 58.5 Å². The van der Waals surface area contributed by atoms with Gasteiger partial charge in [-0.1, -0.05) is 78.7 Å². The van der Waals surface area contributed by atoms with Crippen molar-refractivity contribution >= 4 is 29.1 Å². The third-order valence-corrected chi connectivity index (χ3v) is 7.68. The highest BCUT2D eigenvalue weighted by molar-refractivity contribution is 7.97. The topological polar surface area (TPSA) is 21.7 Å². The molecule has 0 saturated heterocycles. The molecule has 212 valence electrons. The van der Waals surface area contributed by atoms with Gasteiger partial charge in [-0.3, -0.25) is 0 Å². The maximum absolute atomic E-state index is 13.2. The van der Waals surface area contributed by atoms with E-state index in [2.05, 4.69) is 67.2 Å². The molecule has 0 amide bonds. The number of hydrogen-bond acceptors (Lipinski definition) is 4. The minimum absolute atomic E-state index is 0.196. The second-order valence-electron chi connectivity index (χ2n) is 9.66. The second kappa shape index (κ2) is 15.1.